The van der Waals surface area contributed by atoms with Crippen molar-refractivity contribution in [2.45, 2.75) is 51.2 Å². The number of likely N-dealkylation sites (tertiary alicyclic amines) is 1. The van der Waals surface area contributed by atoms with Crippen LogP contribution in [0, 0.1) is 16.7 Å². The summed E-state index contributed by atoms with van der Waals surface area (Å²) >= 11 is 0. The van der Waals surface area contributed by atoms with Crippen LogP contribution < -0.4 is 9.80 Å². The van der Waals surface area contributed by atoms with Crippen LogP contribution in [0.3, 0.4) is 0 Å². The molecule has 1 saturated carbocycles. The summed E-state index contributed by atoms with van der Waals surface area (Å²) < 4.78 is 0. The van der Waals surface area contributed by atoms with Gasteiger partial charge in [-0.2, -0.15) is 5.26 Å². The molecular weight excluding hydrogens is 440 g/mol. The predicted octanol–water partition coefficient (Wildman–Crippen LogP) is 3.47. The lowest BCUT2D eigenvalue weighted by molar-refractivity contribution is -0.136. The molecule has 0 radical (unpaired) electrons. The number of carbonyl (C=O) groups is 1. The molecule has 4 heterocycles. The molecule has 4 aliphatic rings. The maximum absolute atomic E-state index is 13.1. The number of hydrogen-bond donors (Lipinski definition) is 2. The van der Waals surface area contributed by atoms with Crippen LogP contribution in [0.15, 0.2) is 53.4 Å². The summed E-state index contributed by atoms with van der Waals surface area (Å²) in [5.41, 5.74) is 3.24. The molecule has 1 aromatic heterocycles. The minimum atomic E-state index is -0.891. The van der Waals surface area contributed by atoms with Crippen molar-refractivity contribution >= 4 is 23.1 Å². The Morgan fingerprint density at radius 2 is 2.03 bits per heavy atom. The highest BCUT2D eigenvalue weighted by Gasteiger charge is 2.53. The molecule has 180 valence electrons. The van der Waals surface area contributed by atoms with Crippen molar-refractivity contribution in [1.82, 2.24) is 9.88 Å². The van der Waals surface area contributed by atoms with Gasteiger partial charge in [-0.05, 0) is 51.2 Å². The molecule has 6 rings (SSSR count). The average molecular weight is 471 g/mol. The number of anilines is 2. The van der Waals surface area contributed by atoms with Gasteiger partial charge >= 0.3 is 0 Å². The van der Waals surface area contributed by atoms with E-state index in [4.69, 9.17) is 4.99 Å². The van der Waals surface area contributed by atoms with E-state index in [1.54, 1.807) is 13.8 Å². The lowest BCUT2D eigenvalue weighted by atomic mass is 9.95. The van der Waals surface area contributed by atoms with Crippen molar-refractivity contribution in [2.75, 3.05) is 29.6 Å². The van der Waals surface area contributed by atoms with Crippen LogP contribution in [0.25, 0.3) is 0 Å². The number of aliphatic imine (C=N–C) groups is 1. The fourth-order valence-electron chi connectivity index (χ4n) is 5.47. The number of aromatic nitrogens is 1. The molecule has 2 fully saturated rings. The topological polar surface area (TPSA) is 99.0 Å². The molecule has 8 heteroatoms. The number of amides is 1. The van der Waals surface area contributed by atoms with E-state index < -0.39 is 11.0 Å². The molecule has 1 saturated heterocycles. The van der Waals surface area contributed by atoms with E-state index >= 15 is 0 Å². The Morgan fingerprint density at radius 3 is 2.71 bits per heavy atom. The molecule has 2 aromatic rings. The molecule has 1 aromatic carbocycles. The van der Waals surface area contributed by atoms with Crippen LogP contribution in [0.4, 0.5) is 11.5 Å². The molecule has 3 aliphatic heterocycles. The van der Waals surface area contributed by atoms with Crippen LogP contribution in [0.1, 0.15) is 50.7 Å². The first kappa shape index (κ1) is 21.9. The standard InChI is InChI=1S/C27H30N6O2/c1-26(2,35)19-7-5-18(6-8-19)23-22-15-32(24-21(9-12-29-24)33(22)17-30-23)20-4-3-13-31(14-20)25(34)27(16-28)10-11-27/h5-9,12,15,20,29,35H,3-4,10-11,13-14,17H2,1-2H3/t20-/m1/s1. The van der Waals surface area contributed by atoms with E-state index in [-0.39, 0.29) is 11.9 Å². The maximum Gasteiger partial charge on any atom is 0.243 e. The zero-order valence-corrected chi connectivity index (χ0v) is 20.2. The van der Waals surface area contributed by atoms with Gasteiger partial charge in [-0.3, -0.25) is 9.79 Å². The summed E-state index contributed by atoms with van der Waals surface area (Å²) in [7, 11) is 0. The number of aliphatic hydroxyl groups is 1. The number of benzene rings is 1. The monoisotopic (exact) mass is 470 g/mol. The van der Waals surface area contributed by atoms with Crippen molar-refractivity contribution < 1.29 is 9.90 Å². The summed E-state index contributed by atoms with van der Waals surface area (Å²) in [6, 6.07) is 12.4. The van der Waals surface area contributed by atoms with Crippen LogP contribution >= 0.6 is 0 Å². The van der Waals surface area contributed by atoms with E-state index in [1.807, 2.05) is 35.4 Å². The van der Waals surface area contributed by atoms with Gasteiger partial charge in [-0.15, -0.1) is 0 Å². The summed E-state index contributed by atoms with van der Waals surface area (Å²) in [6.07, 6.45) is 7.35. The number of piperidine rings is 1. The minimum Gasteiger partial charge on any atom is -0.386 e. The second-order valence-corrected chi connectivity index (χ2v) is 10.6. The third kappa shape index (κ3) is 3.53. The molecule has 1 atom stereocenters. The zero-order chi connectivity index (χ0) is 24.4. The predicted molar refractivity (Wildman–Crippen MR) is 134 cm³/mol. The quantitative estimate of drug-likeness (QED) is 0.713. The van der Waals surface area contributed by atoms with E-state index in [0.29, 0.717) is 32.6 Å². The molecule has 1 aliphatic carbocycles. The fourth-order valence-corrected chi connectivity index (χ4v) is 5.47. The number of rotatable bonds is 4. The number of hydrogen-bond acceptors (Lipinski definition) is 6. The summed E-state index contributed by atoms with van der Waals surface area (Å²) in [4.78, 5) is 27.7. The molecule has 0 bridgehead atoms. The maximum atomic E-state index is 13.1. The lowest BCUT2D eigenvalue weighted by Gasteiger charge is -2.42. The SMILES string of the molecule is CC(C)(O)c1ccc(C2=NCN3C2=CN([C@@H]2CCCN(C(=O)C4(C#N)CC4)C2)c2[nH]ccc23)cc1. The normalized spacial score (nSPS) is 22.7. The Kier molecular flexibility index (Phi) is 4.84. The zero-order valence-electron chi connectivity index (χ0n) is 20.2. The molecule has 1 amide bonds. The van der Waals surface area contributed by atoms with Gasteiger partial charge in [0.25, 0.3) is 0 Å². The van der Waals surface area contributed by atoms with Crippen molar-refractivity contribution in [3.8, 4) is 6.07 Å². The molecule has 0 unspecified atom stereocenters. The van der Waals surface area contributed by atoms with Gasteiger partial charge in [-0.1, -0.05) is 24.3 Å². The highest BCUT2D eigenvalue weighted by Crippen LogP contribution is 2.47. The molecule has 8 nitrogen and oxygen atoms in total. The summed E-state index contributed by atoms with van der Waals surface area (Å²) in [6.45, 7) is 5.44. The first-order valence-corrected chi connectivity index (χ1v) is 12.3. The van der Waals surface area contributed by atoms with Crippen LogP contribution in [0.5, 0.6) is 0 Å². The Hall–Kier alpha value is -3.57. The van der Waals surface area contributed by atoms with Gasteiger partial charge in [0.15, 0.2) is 0 Å². The summed E-state index contributed by atoms with van der Waals surface area (Å²) in [5, 5.41) is 19.8. The molecule has 0 spiro atoms. The highest BCUT2D eigenvalue weighted by atomic mass is 16.3. The number of H-pyrrole nitrogens is 1. The van der Waals surface area contributed by atoms with E-state index in [9.17, 15) is 15.2 Å². The first-order valence-electron chi connectivity index (χ1n) is 12.3. The van der Waals surface area contributed by atoms with Gasteiger partial charge in [0.2, 0.25) is 5.91 Å². The van der Waals surface area contributed by atoms with Gasteiger partial charge in [0.1, 0.15) is 17.9 Å². The Morgan fingerprint density at radius 1 is 1.26 bits per heavy atom. The molecular formula is C27H30N6O2. The van der Waals surface area contributed by atoms with Crippen LogP contribution in [0.2, 0.25) is 0 Å². The van der Waals surface area contributed by atoms with Crippen LogP contribution in [-0.4, -0.2) is 52.4 Å². The number of allylic oxidation sites excluding steroid dienone is 1. The first-order chi connectivity index (χ1) is 16.8. The summed E-state index contributed by atoms with van der Waals surface area (Å²) in [5.74, 6) is 1.01. The Labute approximate surface area is 205 Å². The highest BCUT2D eigenvalue weighted by molar-refractivity contribution is 6.17. The Bertz CT molecular complexity index is 1270. The number of nitriles is 1. The van der Waals surface area contributed by atoms with Crippen molar-refractivity contribution in [3.05, 3.63) is 59.6 Å². The lowest BCUT2D eigenvalue weighted by Crippen LogP contribution is -2.51. The van der Waals surface area contributed by atoms with Crippen LogP contribution in [-0.2, 0) is 10.4 Å². The van der Waals surface area contributed by atoms with E-state index in [0.717, 1.165) is 46.9 Å². The third-order valence-corrected chi connectivity index (χ3v) is 7.73. The molecule has 35 heavy (non-hydrogen) atoms. The van der Waals surface area contributed by atoms with E-state index in [1.165, 1.54) is 0 Å². The van der Waals surface area contributed by atoms with Gasteiger partial charge in [0, 0.05) is 31.0 Å². The minimum absolute atomic E-state index is 0.00212. The average Bonchev–Trinajstić information content (AvgIpc) is 3.30. The number of aromatic amines is 1. The van der Waals surface area contributed by atoms with E-state index in [2.05, 4.69) is 33.1 Å². The van der Waals surface area contributed by atoms with Gasteiger partial charge in [0.05, 0.1) is 34.8 Å². The van der Waals surface area contributed by atoms with Crippen molar-refractivity contribution in [1.29, 1.82) is 5.26 Å². The Balaban J connectivity index is 1.30. The van der Waals surface area contributed by atoms with Crippen molar-refractivity contribution in [3.63, 3.8) is 0 Å². The number of fused-ring (bicyclic) bond motifs is 3. The number of nitrogens with zero attached hydrogens (tertiary/aromatic N) is 5. The van der Waals surface area contributed by atoms with Gasteiger partial charge < -0.3 is 24.8 Å². The second kappa shape index (κ2) is 7.72. The number of nitrogens with one attached hydrogen (secondary N) is 1. The molecule has 2 N–H and O–H groups in total. The number of carbonyl (C=O) groups excluding carboxylic acids is 1. The third-order valence-electron chi connectivity index (χ3n) is 7.73. The smallest absolute Gasteiger partial charge is 0.243 e. The fraction of sp³-hybridized carbons (Fsp3) is 0.444. The van der Waals surface area contributed by atoms with Gasteiger partial charge in [-0.25, -0.2) is 0 Å². The van der Waals surface area contributed by atoms with Crippen molar-refractivity contribution in [2.24, 2.45) is 10.4 Å². The largest absolute Gasteiger partial charge is 0.386 e. The second-order valence-electron chi connectivity index (χ2n) is 10.6.